The third kappa shape index (κ3) is 2.79. The molecule has 2 heterocycles. The zero-order valence-corrected chi connectivity index (χ0v) is 11.3. The van der Waals surface area contributed by atoms with Gasteiger partial charge in [-0.25, -0.2) is 0 Å². The number of aromatic nitrogens is 2. The average molecular weight is 274 g/mol. The van der Waals surface area contributed by atoms with Crippen LogP contribution in [0.15, 0.2) is 11.4 Å². The van der Waals surface area contributed by atoms with Gasteiger partial charge in [0.15, 0.2) is 5.01 Å². The van der Waals surface area contributed by atoms with Crippen molar-refractivity contribution in [3.05, 3.63) is 21.5 Å². The van der Waals surface area contributed by atoms with Crippen molar-refractivity contribution in [3.8, 4) is 9.88 Å². The lowest BCUT2D eigenvalue weighted by molar-refractivity contribution is 0.710. The molecule has 0 atom stereocenters. The predicted molar refractivity (Wildman–Crippen MR) is 70.5 cm³/mol. The van der Waals surface area contributed by atoms with E-state index < -0.39 is 0 Å². The van der Waals surface area contributed by atoms with Crippen molar-refractivity contribution in [1.29, 1.82) is 0 Å². The molecule has 0 amide bonds. The summed E-state index contributed by atoms with van der Waals surface area (Å²) >= 11 is 9.27. The van der Waals surface area contributed by atoms with Gasteiger partial charge in [0.25, 0.3) is 0 Å². The maximum Gasteiger partial charge on any atom is 0.159 e. The van der Waals surface area contributed by atoms with Gasteiger partial charge in [-0.15, -0.1) is 21.5 Å². The summed E-state index contributed by atoms with van der Waals surface area (Å²) in [6.45, 7) is 4.03. The molecule has 0 aliphatic rings. The summed E-state index contributed by atoms with van der Waals surface area (Å²) in [5.41, 5.74) is 0. The number of nitrogens with one attached hydrogen (secondary N) is 1. The minimum Gasteiger partial charge on any atom is -0.317 e. The molecule has 0 aliphatic heterocycles. The number of likely N-dealkylation sites (N-methyl/N-ethyl adjacent to an activating group) is 1. The van der Waals surface area contributed by atoms with E-state index in [0.717, 1.165) is 39.4 Å². The van der Waals surface area contributed by atoms with Crippen molar-refractivity contribution < 1.29 is 0 Å². The van der Waals surface area contributed by atoms with Gasteiger partial charge in [0, 0.05) is 13.0 Å². The molecule has 0 fully saturated rings. The van der Waals surface area contributed by atoms with E-state index in [4.69, 9.17) is 11.6 Å². The molecule has 2 aromatic heterocycles. The van der Waals surface area contributed by atoms with Crippen LogP contribution in [0.25, 0.3) is 9.88 Å². The Kier molecular flexibility index (Phi) is 4.29. The summed E-state index contributed by atoms with van der Waals surface area (Å²) < 4.78 is 0. The van der Waals surface area contributed by atoms with E-state index in [-0.39, 0.29) is 0 Å². The summed E-state index contributed by atoms with van der Waals surface area (Å²) in [4.78, 5) is 1.02. The Morgan fingerprint density at radius 3 is 3.00 bits per heavy atom. The normalized spacial score (nSPS) is 10.9. The van der Waals surface area contributed by atoms with E-state index in [2.05, 4.69) is 22.4 Å². The molecule has 1 N–H and O–H groups in total. The number of thiophene rings is 1. The third-order valence-corrected chi connectivity index (χ3v) is 4.52. The Balaban J connectivity index is 2.05. The zero-order chi connectivity index (χ0) is 11.4. The molecule has 0 spiro atoms. The second-order valence-electron chi connectivity index (χ2n) is 3.20. The van der Waals surface area contributed by atoms with Crippen LogP contribution in [-0.4, -0.2) is 23.3 Å². The van der Waals surface area contributed by atoms with Gasteiger partial charge in [-0.3, -0.25) is 0 Å². The first-order valence-corrected chi connectivity index (χ1v) is 7.15. The highest BCUT2D eigenvalue weighted by Crippen LogP contribution is 2.34. The Labute approximate surface area is 107 Å². The molecule has 0 aliphatic carbocycles. The Bertz CT molecular complexity index is 452. The Morgan fingerprint density at radius 2 is 2.31 bits per heavy atom. The third-order valence-electron chi connectivity index (χ3n) is 2.04. The van der Waals surface area contributed by atoms with Gasteiger partial charge < -0.3 is 5.32 Å². The van der Waals surface area contributed by atoms with Crippen molar-refractivity contribution in [2.75, 3.05) is 13.1 Å². The maximum atomic E-state index is 6.05. The highest BCUT2D eigenvalue weighted by Gasteiger charge is 2.10. The van der Waals surface area contributed by atoms with Gasteiger partial charge in [-0.2, -0.15) is 0 Å². The average Bonchev–Trinajstić information content (AvgIpc) is 2.87. The predicted octanol–water partition coefficient (Wildman–Crippen LogP) is 3.07. The summed E-state index contributed by atoms with van der Waals surface area (Å²) in [5.74, 6) is 0. The minimum absolute atomic E-state index is 0.763. The fourth-order valence-electron chi connectivity index (χ4n) is 1.26. The second-order valence-corrected chi connectivity index (χ2v) is 5.59. The smallest absolute Gasteiger partial charge is 0.159 e. The van der Waals surface area contributed by atoms with E-state index in [1.807, 2.05) is 11.4 Å². The lowest BCUT2D eigenvalue weighted by Crippen LogP contribution is -2.15. The molecule has 0 aromatic carbocycles. The minimum atomic E-state index is 0.763. The molecular weight excluding hydrogens is 262 g/mol. The molecule has 3 nitrogen and oxygen atoms in total. The van der Waals surface area contributed by atoms with E-state index in [0.29, 0.717) is 0 Å². The van der Waals surface area contributed by atoms with Crippen molar-refractivity contribution >= 4 is 34.3 Å². The first-order chi connectivity index (χ1) is 7.81. The summed E-state index contributed by atoms with van der Waals surface area (Å²) in [7, 11) is 0. The van der Waals surface area contributed by atoms with Gasteiger partial charge in [-0.05, 0) is 18.0 Å². The Morgan fingerprint density at radius 1 is 1.44 bits per heavy atom. The lowest BCUT2D eigenvalue weighted by atomic mass is 10.4. The SMILES string of the molecule is CCNCCc1nnc(-c2sccc2Cl)s1. The van der Waals surface area contributed by atoms with E-state index >= 15 is 0 Å². The topological polar surface area (TPSA) is 37.8 Å². The maximum absolute atomic E-state index is 6.05. The highest BCUT2D eigenvalue weighted by atomic mass is 35.5. The van der Waals surface area contributed by atoms with Crippen molar-refractivity contribution in [2.24, 2.45) is 0 Å². The number of nitrogens with zero attached hydrogens (tertiary/aromatic N) is 2. The fourth-order valence-corrected chi connectivity index (χ4v) is 3.41. The quantitative estimate of drug-likeness (QED) is 0.851. The molecular formula is C10H12ClN3S2. The fraction of sp³-hybridized carbons (Fsp3) is 0.400. The first-order valence-electron chi connectivity index (χ1n) is 5.07. The van der Waals surface area contributed by atoms with Crippen LogP contribution in [0.5, 0.6) is 0 Å². The molecule has 2 aromatic rings. The van der Waals surface area contributed by atoms with E-state index in [1.54, 1.807) is 22.7 Å². The standard InChI is InChI=1S/C10H12ClN3S2/c1-2-12-5-3-8-13-14-10(16-8)9-7(11)4-6-15-9/h4,6,12H,2-3,5H2,1H3. The summed E-state index contributed by atoms with van der Waals surface area (Å²) in [6.07, 6.45) is 0.925. The van der Waals surface area contributed by atoms with Gasteiger partial charge in [0.2, 0.25) is 0 Å². The van der Waals surface area contributed by atoms with Crippen molar-refractivity contribution in [2.45, 2.75) is 13.3 Å². The number of hydrogen-bond donors (Lipinski definition) is 1. The van der Waals surface area contributed by atoms with Crippen LogP contribution in [0.2, 0.25) is 5.02 Å². The molecule has 86 valence electrons. The van der Waals surface area contributed by atoms with Gasteiger partial charge in [-0.1, -0.05) is 29.9 Å². The van der Waals surface area contributed by atoms with Crippen LogP contribution in [0.1, 0.15) is 11.9 Å². The van der Waals surface area contributed by atoms with Crippen LogP contribution in [-0.2, 0) is 6.42 Å². The highest BCUT2D eigenvalue weighted by molar-refractivity contribution is 7.21. The van der Waals surface area contributed by atoms with Crippen molar-refractivity contribution in [1.82, 2.24) is 15.5 Å². The second kappa shape index (κ2) is 5.72. The lowest BCUT2D eigenvalue weighted by Gasteiger charge is -1.95. The molecule has 0 saturated heterocycles. The Hall–Kier alpha value is -0.490. The molecule has 2 rings (SSSR count). The summed E-state index contributed by atoms with van der Waals surface area (Å²) in [5, 5.41) is 16.3. The van der Waals surface area contributed by atoms with E-state index in [1.165, 1.54) is 0 Å². The number of hydrogen-bond acceptors (Lipinski definition) is 5. The van der Waals surface area contributed by atoms with Crippen LogP contribution in [0, 0.1) is 0 Å². The monoisotopic (exact) mass is 273 g/mol. The number of rotatable bonds is 5. The number of halogens is 1. The molecule has 16 heavy (non-hydrogen) atoms. The largest absolute Gasteiger partial charge is 0.317 e. The molecule has 0 radical (unpaired) electrons. The van der Waals surface area contributed by atoms with Crippen LogP contribution >= 0.6 is 34.3 Å². The molecule has 0 saturated carbocycles. The van der Waals surface area contributed by atoms with Crippen LogP contribution < -0.4 is 5.32 Å². The van der Waals surface area contributed by atoms with Crippen LogP contribution in [0.3, 0.4) is 0 Å². The van der Waals surface area contributed by atoms with Gasteiger partial charge in [0.1, 0.15) is 5.01 Å². The van der Waals surface area contributed by atoms with E-state index in [9.17, 15) is 0 Å². The summed E-state index contributed by atoms with van der Waals surface area (Å²) in [6, 6.07) is 1.89. The van der Waals surface area contributed by atoms with Crippen LogP contribution in [0.4, 0.5) is 0 Å². The zero-order valence-electron chi connectivity index (χ0n) is 8.86. The first kappa shape index (κ1) is 12.0. The molecule has 6 heteroatoms. The van der Waals surface area contributed by atoms with Crippen molar-refractivity contribution in [3.63, 3.8) is 0 Å². The molecule has 0 unspecified atom stereocenters. The van der Waals surface area contributed by atoms with Gasteiger partial charge >= 0.3 is 0 Å². The van der Waals surface area contributed by atoms with Gasteiger partial charge in [0.05, 0.1) is 9.90 Å². The molecule has 0 bridgehead atoms.